The lowest BCUT2D eigenvalue weighted by molar-refractivity contribution is 0.0544. The summed E-state index contributed by atoms with van der Waals surface area (Å²) < 4.78 is 54.9. The van der Waals surface area contributed by atoms with Crippen LogP contribution in [0.4, 0.5) is 10.2 Å². The molecule has 223 valence electrons. The second-order valence-electron chi connectivity index (χ2n) is 11.1. The SMILES string of the molecule is C[B]N(c1ccncn1)S(=O)(=O)c1cc(Cl)c(O[C@H]2CC[C@H](c3cccc(C4CCOCC4)c3)C[C@@H]2N(C)C)cc1F. The lowest BCUT2D eigenvalue weighted by Gasteiger charge is -2.40. The number of rotatable bonds is 9. The molecule has 0 unspecified atom stereocenters. The summed E-state index contributed by atoms with van der Waals surface area (Å²) in [5, 5.41) is 0.0255. The van der Waals surface area contributed by atoms with Crippen molar-refractivity contribution >= 4 is 34.9 Å². The van der Waals surface area contributed by atoms with Gasteiger partial charge in [-0.3, -0.25) is 0 Å². The molecule has 2 fully saturated rings. The maximum atomic E-state index is 15.4. The van der Waals surface area contributed by atoms with Crippen molar-refractivity contribution in [3.63, 3.8) is 0 Å². The minimum absolute atomic E-state index is 0.0255. The van der Waals surface area contributed by atoms with Gasteiger partial charge in [0, 0.05) is 31.5 Å². The molecule has 1 aliphatic heterocycles. The van der Waals surface area contributed by atoms with Crippen molar-refractivity contribution in [3.05, 3.63) is 77.0 Å². The Morgan fingerprint density at radius 3 is 2.45 bits per heavy atom. The highest BCUT2D eigenvalue weighted by atomic mass is 35.5. The van der Waals surface area contributed by atoms with Crippen LogP contribution in [0.2, 0.25) is 11.8 Å². The van der Waals surface area contributed by atoms with Crippen molar-refractivity contribution in [2.45, 2.75) is 67.8 Å². The molecule has 1 radical (unpaired) electrons. The van der Waals surface area contributed by atoms with Crippen LogP contribution in [0.5, 0.6) is 5.75 Å². The van der Waals surface area contributed by atoms with Crippen molar-refractivity contribution in [3.8, 4) is 5.75 Å². The molecule has 2 heterocycles. The summed E-state index contributed by atoms with van der Waals surface area (Å²) in [6.07, 6.45) is 7.04. The van der Waals surface area contributed by atoms with Crippen LogP contribution in [-0.2, 0) is 14.8 Å². The Morgan fingerprint density at radius 2 is 1.79 bits per heavy atom. The summed E-state index contributed by atoms with van der Waals surface area (Å²) in [4.78, 5) is 9.37. The second kappa shape index (κ2) is 13.3. The van der Waals surface area contributed by atoms with E-state index >= 15 is 4.39 Å². The molecule has 1 saturated heterocycles. The van der Waals surface area contributed by atoms with E-state index in [9.17, 15) is 8.42 Å². The number of anilines is 1. The third-order valence-electron chi connectivity index (χ3n) is 8.32. The lowest BCUT2D eigenvalue weighted by atomic mass is 9.78. The monoisotopic (exact) mass is 613 g/mol. The van der Waals surface area contributed by atoms with Gasteiger partial charge in [-0.15, -0.1) is 0 Å². The molecule has 3 atom stereocenters. The number of likely N-dealkylation sites (N-methyl/N-ethyl adjacent to an activating group) is 1. The van der Waals surface area contributed by atoms with Crippen molar-refractivity contribution in [2.75, 3.05) is 31.5 Å². The van der Waals surface area contributed by atoms with E-state index in [4.69, 9.17) is 21.1 Å². The predicted molar refractivity (Wildman–Crippen MR) is 162 cm³/mol. The van der Waals surface area contributed by atoms with Gasteiger partial charge in [0.05, 0.1) is 5.02 Å². The highest BCUT2D eigenvalue weighted by molar-refractivity contribution is 7.94. The fourth-order valence-electron chi connectivity index (χ4n) is 6.08. The van der Waals surface area contributed by atoms with Crippen LogP contribution in [0.25, 0.3) is 0 Å². The quantitative estimate of drug-likeness (QED) is 0.288. The standard InChI is InChI=1S/C30H36BClFN4O4S/c1-31-37(30-9-12-34-19-35-30)42(38,39)29-17-24(32)28(18-25(29)33)41-27-8-7-23(16-26(27)36(2)3)22-6-4-5-21(15-22)20-10-13-40-14-11-20/h4-6,9,12,15,17-20,23,26-27H,7-8,10-11,13-14,16H2,1-3H3/t23-,26-,27-/m0/s1. The van der Waals surface area contributed by atoms with Gasteiger partial charge in [-0.25, -0.2) is 22.8 Å². The third kappa shape index (κ3) is 6.59. The van der Waals surface area contributed by atoms with Crippen molar-refractivity contribution in [1.82, 2.24) is 14.9 Å². The van der Waals surface area contributed by atoms with Crippen molar-refractivity contribution in [2.24, 2.45) is 0 Å². The molecule has 8 nitrogen and oxygen atoms in total. The van der Waals surface area contributed by atoms with Gasteiger partial charge in [0.15, 0.2) is 0 Å². The first kappa shape index (κ1) is 30.7. The van der Waals surface area contributed by atoms with Crippen LogP contribution >= 0.6 is 11.6 Å². The van der Waals surface area contributed by atoms with E-state index in [1.165, 1.54) is 44.0 Å². The molecular formula is C30H36BClFN4O4S. The van der Waals surface area contributed by atoms with Gasteiger partial charge >= 0.3 is 0 Å². The zero-order valence-corrected chi connectivity index (χ0v) is 25.7. The average molecular weight is 614 g/mol. The first-order valence-corrected chi connectivity index (χ1v) is 16.1. The number of halogens is 2. The number of aromatic nitrogens is 2. The maximum Gasteiger partial charge on any atom is 0.267 e. The normalized spacial score (nSPS) is 21.7. The Morgan fingerprint density at radius 1 is 1.05 bits per heavy atom. The van der Waals surface area contributed by atoms with Gasteiger partial charge in [0.25, 0.3) is 17.4 Å². The van der Waals surface area contributed by atoms with Crippen molar-refractivity contribution in [1.29, 1.82) is 0 Å². The van der Waals surface area contributed by atoms with Crippen LogP contribution in [0.3, 0.4) is 0 Å². The van der Waals surface area contributed by atoms with Crippen LogP contribution in [0.15, 0.2) is 59.9 Å². The molecule has 2 aliphatic rings. The molecule has 3 aromatic rings. The fourth-order valence-corrected chi connectivity index (χ4v) is 7.76. The van der Waals surface area contributed by atoms with Crippen LogP contribution in [0, 0.1) is 5.82 Å². The van der Waals surface area contributed by atoms with E-state index in [0.29, 0.717) is 11.8 Å². The van der Waals surface area contributed by atoms with Gasteiger partial charge in [0.2, 0.25) is 0 Å². The number of ether oxygens (including phenoxy) is 2. The Balaban J connectivity index is 1.33. The summed E-state index contributed by atoms with van der Waals surface area (Å²) in [5.74, 6) is 0.173. The molecule has 2 aromatic carbocycles. The van der Waals surface area contributed by atoms with Gasteiger partial charge in [0.1, 0.15) is 34.7 Å². The van der Waals surface area contributed by atoms with E-state index in [0.717, 1.165) is 61.7 Å². The summed E-state index contributed by atoms with van der Waals surface area (Å²) >= 11 is 6.53. The smallest absolute Gasteiger partial charge is 0.267 e. The van der Waals surface area contributed by atoms with Crippen LogP contribution in [0.1, 0.15) is 55.1 Å². The topological polar surface area (TPSA) is 84.9 Å². The molecule has 12 heteroatoms. The highest BCUT2D eigenvalue weighted by Crippen LogP contribution is 2.40. The summed E-state index contributed by atoms with van der Waals surface area (Å²) in [7, 11) is 1.01. The van der Waals surface area contributed by atoms with Crippen LogP contribution < -0.4 is 8.95 Å². The molecule has 1 aromatic heterocycles. The van der Waals surface area contributed by atoms with Gasteiger partial charge in [-0.1, -0.05) is 42.7 Å². The Bertz CT molecular complexity index is 1480. The lowest BCUT2D eigenvalue weighted by Crippen LogP contribution is -2.46. The number of hydrogen-bond donors (Lipinski definition) is 0. The van der Waals surface area contributed by atoms with Gasteiger partial charge in [-0.2, -0.15) is 0 Å². The second-order valence-corrected chi connectivity index (χ2v) is 13.3. The minimum Gasteiger partial charge on any atom is -0.487 e. The first-order chi connectivity index (χ1) is 20.2. The van der Waals surface area contributed by atoms with E-state index in [-0.39, 0.29) is 28.7 Å². The van der Waals surface area contributed by atoms with E-state index < -0.39 is 20.7 Å². The molecule has 0 spiro atoms. The van der Waals surface area contributed by atoms with Gasteiger partial charge in [-0.05, 0) is 81.3 Å². The highest BCUT2D eigenvalue weighted by Gasteiger charge is 2.36. The van der Waals surface area contributed by atoms with E-state index in [1.54, 1.807) is 0 Å². The summed E-state index contributed by atoms with van der Waals surface area (Å²) in [6, 6.07) is 12.6. The fraction of sp³-hybridized carbons (Fsp3) is 0.467. The average Bonchev–Trinajstić information content (AvgIpc) is 3.00. The van der Waals surface area contributed by atoms with Crippen LogP contribution in [-0.4, -0.2) is 70.2 Å². The molecule has 5 rings (SSSR count). The first-order valence-electron chi connectivity index (χ1n) is 14.3. The summed E-state index contributed by atoms with van der Waals surface area (Å²) in [5.41, 5.74) is 2.72. The molecule has 1 aliphatic carbocycles. The molecule has 1 saturated carbocycles. The maximum absolute atomic E-state index is 15.4. The Kier molecular flexibility index (Phi) is 9.72. The predicted octanol–water partition coefficient (Wildman–Crippen LogP) is 5.67. The molecule has 0 N–H and O–H groups in total. The number of sulfonamides is 1. The molecule has 0 amide bonds. The third-order valence-corrected chi connectivity index (χ3v) is 10.4. The zero-order chi connectivity index (χ0) is 29.9. The summed E-state index contributed by atoms with van der Waals surface area (Å²) in [6.45, 7) is 3.15. The molecule has 42 heavy (non-hydrogen) atoms. The Labute approximate surface area is 253 Å². The largest absolute Gasteiger partial charge is 0.487 e. The van der Waals surface area contributed by atoms with E-state index in [2.05, 4.69) is 39.1 Å². The number of nitrogens with zero attached hydrogens (tertiary/aromatic N) is 4. The minimum atomic E-state index is -4.32. The van der Waals surface area contributed by atoms with Gasteiger partial charge < -0.3 is 18.6 Å². The van der Waals surface area contributed by atoms with E-state index in [1.807, 2.05) is 14.1 Å². The number of benzene rings is 2. The zero-order valence-electron chi connectivity index (χ0n) is 24.1. The Hall–Kier alpha value is -2.73. The number of hydrogen-bond acceptors (Lipinski definition) is 7. The molecular weight excluding hydrogens is 578 g/mol. The molecule has 0 bridgehead atoms. The van der Waals surface area contributed by atoms with Crippen molar-refractivity contribution < 1.29 is 22.3 Å².